The number of carbonyl (C=O) groups is 3. The van der Waals surface area contributed by atoms with E-state index in [0.29, 0.717) is 16.8 Å². The first-order chi connectivity index (χ1) is 20.7. The van der Waals surface area contributed by atoms with Crippen LogP contribution in [0.3, 0.4) is 0 Å². The number of hydrogen-bond acceptors (Lipinski definition) is 10. The Morgan fingerprint density at radius 1 is 0.721 bits per heavy atom. The van der Waals surface area contributed by atoms with E-state index in [1.807, 2.05) is 0 Å². The molecule has 0 radical (unpaired) electrons. The van der Waals surface area contributed by atoms with Crippen LogP contribution in [0, 0.1) is 26.1 Å². The SMILES string of the molecule is O=C(Oc1ccc(C2C3C(=O)N(c4ccc([N+](=O)[O-])cc4)C(=O)C3ON2c2ccc([N+](=O)[O-])cc2)cc1)c1ccccc1. The molecular weight excluding hydrogens is 560 g/mol. The Bertz CT molecular complexity index is 1740. The van der Waals surface area contributed by atoms with Gasteiger partial charge in [-0.2, -0.15) is 0 Å². The molecule has 13 nitrogen and oxygen atoms in total. The van der Waals surface area contributed by atoms with E-state index in [4.69, 9.17) is 9.57 Å². The number of hydroxylamine groups is 1. The highest BCUT2D eigenvalue weighted by molar-refractivity contribution is 6.24. The van der Waals surface area contributed by atoms with Crippen LogP contribution in [-0.2, 0) is 14.4 Å². The number of imide groups is 1. The van der Waals surface area contributed by atoms with Gasteiger partial charge in [-0.05, 0) is 54.1 Å². The molecule has 0 aliphatic carbocycles. The molecule has 3 atom stereocenters. The molecule has 4 aromatic rings. The van der Waals surface area contributed by atoms with Crippen LogP contribution in [0.4, 0.5) is 22.7 Å². The Balaban J connectivity index is 1.33. The van der Waals surface area contributed by atoms with Crippen LogP contribution in [0.15, 0.2) is 103 Å². The fraction of sp³-hybridized carbons (Fsp3) is 0.100. The third-order valence-electron chi connectivity index (χ3n) is 7.19. The van der Waals surface area contributed by atoms with Gasteiger partial charge in [0.2, 0.25) is 5.91 Å². The maximum Gasteiger partial charge on any atom is 0.343 e. The number of hydrogen-bond donors (Lipinski definition) is 0. The van der Waals surface area contributed by atoms with Crippen molar-refractivity contribution in [2.75, 3.05) is 9.96 Å². The van der Waals surface area contributed by atoms with E-state index in [9.17, 15) is 34.6 Å². The molecule has 4 aromatic carbocycles. The molecule has 2 heterocycles. The molecule has 2 amide bonds. The zero-order valence-corrected chi connectivity index (χ0v) is 22.0. The molecule has 0 spiro atoms. The monoisotopic (exact) mass is 580 g/mol. The third-order valence-corrected chi connectivity index (χ3v) is 7.19. The number of nitro benzene ring substituents is 2. The number of anilines is 2. The normalized spacial score (nSPS) is 19.3. The van der Waals surface area contributed by atoms with Crippen LogP contribution in [0.5, 0.6) is 5.75 Å². The van der Waals surface area contributed by atoms with Crippen molar-refractivity contribution in [2.24, 2.45) is 5.92 Å². The van der Waals surface area contributed by atoms with Crippen LogP contribution in [0.2, 0.25) is 0 Å². The highest BCUT2D eigenvalue weighted by atomic mass is 16.7. The van der Waals surface area contributed by atoms with E-state index in [0.717, 1.165) is 4.90 Å². The van der Waals surface area contributed by atoms with E-state index >= 15 is 0 Å². The first-order valence-electron chi connectivity index (χ1n) is 12.9. The average molecular weight is 581 g/mol. The first kappa shape index (κ1) is 27.2. The van der Waals surface area contributed by atoms with E-state index in [1.165, 1.54) is 53.6 Å². The molecule has 2 saturated heterocycles. The lowest BCUT2D eigenvalue weighted by molar-refractivity contribution is -0.385. The molecule has 2 aliphatic rings. The van der Waals surface area contributed by atoms with Gasteiger partial charge < -0.3 is 4.74 Å². The first-order valence-corrected chi connectivity index (χ1v) is 12.9. The Hall–Kier alpha value is -5.95. The van der Waals surface area contributed by atoms with Gasteiger partial charge in [0, 0.05) is 24.3 Å². The Morgan fingerprint density at radius 2 is 1.28 bits per heavy atom. The minimum Gasteiger partial charge on any atom is -0.423 e. The fourth-order valence-corrected chi connectivity index (χ4v) is 5.15. The van der Waals surface area contributed by atoms with Gasteiger partial charge in [-0.1, -0.05) is 30.3 Å². The molecular formula is C30H20N4O9. The van der Waals surface area contributed by atoms with Gasteiger partial charge in [-0.15, -0.1) is 0 Å². The number of nitrogens with zero attached hydrogens (tertiary/aromatic N) is 4. The molecule has 2 aliphatic heterocycles. The Morgan fingerprint density at radius 3 is 1.84 bits per heavy atom. The van der Waals surface area contributed by atoms with Crippen molar-refractivity contribution in [3.05, 3.63) is 134 Å². The van der Waals surface area contributed by atoms with E-state index < -0.39 is 45.7 Å². The zero-order chi connectivity index (χ0) is 30.2. The maximum atomic E-state index is 13.8. The van der Waals surface area contributed by atoms with Crippen molar-refractivity contribution in [1.29, 1.82) is 0 Å². The number of benzene rings is 4. The maximum absolute atomic E-state index is 13.8. The molecule has 0 saturated carbocycles. The van der Waals surface area contributed by atoms with Gasteiger partial charge in [0.25, 0.3) is 17.3 Å². The lowest BCUT2D eigenvalue weighted by Gasteiger charge is -2.28. The van der Waals surface area contributed by atoms with Gasteiger partial charge in [0.1, 0.15) is 11.7 Å². The Kier molecular flexibility index (Phi) is 6.84. The number of amides is 2. The number of esters is 1. The topological polar surface area (TPSA) is 162 Å². The molecule has 3 unspecified atom stereocenters. The predicted octanol–water partition coefficient (Wildman–Crippen LogP) is 4.77. The minimum atomic E-state index is -1.24. The molecule has 0 bridgehead atoms. The lowest BCUT2D eigenvalue weighted by atomic mass is 9.90. The number of nitro groups is 2. The van der Waals surface area contributed by atoms with Gasteiger partial charge in [0.05, 0.1) is 32.8 Å². The van der Waals surface area contributed by atoms with Crippen LogP contribution in [0.1, 0.15) is 22.0 Å². The molecule has 43 heavy (non-hydrogen) atoms. The van der Waals surface area contributed by atoms with Crippen molar-refractivity contribution < 1.29 is 33.8 Å². The molecule has 6 rings (SSSR count). The summed E-state index contributed by atoms with van der Waals surface area (Å²) >= 11 is 0. The zero-order valence-electron chi connectivity index (χ0n) is 22.0. The Labute approximate surface area is 242 Å². The van der Waals surface area contributed by atoms with Crippen LogP contribution >= 0.6 is 0 Å². The van der Waals surface area contributed by atoms with Crippen molar-refractivity contribution >= 4 is 40.5 Å². The second-order valence-corrected chi connectivity index (χ2v) is 9.71. The van der Waals surface area contributed by atoms with Crippen molar-refractivity contribution in [3.63, 3.8) is 0 Å². The highest BCUT2D eigenvalue weighted by Gasteiger charge is 2.60. The van der Waals surface area contributed by atoms with Crippen molar-refractivity contribution in [3.8, 4) is 5.75 Å². The third kappa shape index (κ3) is 4.93. The van der Waals surface area contributed by atoms with Crippen molar-refractivity contribution in [1.82, 2.24) is 0 Å². The summed E-state index contributed by atoms with van der Waals surface area (Å²) in [5.41, 5.74) is 1.08. The van der Waals surface area contributed by atoms with Crippen LogP contribution in [0.25, 0.3) is 0 Å². The summed E-state index contributed by atoms with van der Waals surface area (Å²) in [6.45, 7) is 0. The molecule has 0 N–H and O–H groups in total. The molecule has 0 aromatic heterocycles. The summed E-state index contributed by atoms with van der Waals surface area (Å²) in [6, 6.07) is 24.4. The number of ether oxygens (including phenoxy) is 1. The van der Waals surface area contributed by atoms with Gasteiger partial charge in [-0.25, -0.2) is 14.8 Å². The van der Waals surface area contributed by atoms with E-state index in [2.05, 4.69) is 0 Å². The summed E-state index contributed by atoms with van der Waals surface area (Å²) in [4.78, 5) is 67.9. The molecule has 214 valence electrons. The standard InChI is InChI=1S/C30H20N4O9/c35-28-25-26(18-6-16-24(17-7-18)42-30(37)19-4-2-1-3-5-19)32(21-10-14-23(15-11-21)34(40)41)43-27(25)29(36)31(28)20-8-12-22(13-9-20)33(38)39/h1-17,25-27H. The fourth-order valence-electron chi connectivity index (χ4n) is 5.15. The largest absolute Gasteiger partial charge is 0.423 e. The van der Waals surface area contributed by atoms with Crippen LogP contribution in [-0.4, -0.2) is 33.7 Å². The summed E-state index contributed by atoms with van der Waals surface area (Å²) in [7, 11) is 0. The number of non-ortho nitro benzene ring substituents is 2. The highest BCUT2D eigenvalue weighted by Crippen LogP contribution is 2.48. The quantitative estimate of drug-likeness (QED) is 0.0978. The lowest BCUT2D eigenvalue weighted by Crippen LogP contribution is -2.37. The van der Waals surface area contributed by atoms with Gasteiger partial charge in [0.15, 0.2) is 6.10 Å². The molecule has 2 fully saturated rings. The van der Waals surface area contributed by atoms with E-state index in [-0.39, 0.29) is 22.8 Å². The minimum absolute atomic E-state index is 0.152. The van der Waals surface area contributed by atoms with Crippen molar-refractivity contribution in [2.45, 2.75) is 12.1 Å². The summed E-state index contributed by atoms with van der Waals surface area (Å²) < 4.78 is 5.47. The summed E-state index contributed by atoms with van der Waals surface area (Å²) in [6.07, 6.45) is -1.24. The number of carbonyl (C=O) groups excluding carboxylic acids is 3. The van der Waals surface area contributed by atoms with E-state index in [1.54, 1.807) is 54.6 Å². The second-order valence-electron chi connectivity index (χ2n) is 9.71. The summed E-state index contributed by atoms with van der Waals surface area (Å²) in [5, 5.41) is 23.6. The van der Waals surface area contributed by atoms with Gasteiger partial charge in [-0.3, -0.25) is 34.7 Å². The van der Waals surface area contributed by atoms with Crippen LogP contribution < -0.4 is 14.7 Å². The average Bonchev–Trinajstić information content (AvgIpc) is 3.53. The predicted molar refractivity (Wildman–Crippen MR) is 150 cm³/mol. The smallest absolute Gasteiger partial charge is 0.343 e. The molecule has 13 heteroatoms. The number of fused-ring (bicyclic) bond motifs is 1. The van der Waals surface area contributed by atoms with Gasteiger partial charge >= 0.3 is 5.97 Å². The number of rotatable bonds is 7. The summed E-state index contributed by atoms with van der Waals surface area (Å²) in [5.74, 6) is -2.59. The second kappa shape index (κ2) is 10.8.